The van der Waals surface area contributed by atoms with E-state index in [0.717, 1.165) is 29.7 Å². The van der Waals surface area contributed by atoms with Crippen molar-refractivity contribution in [2.45, 2.75) is 40.2 Å². The van der Waals surface area contributed by atoms with Crippen LogP contribution < -0.4 is 0 Å². The first-order chi connectivity index (χ1) is 8.73. The Morgan fingerprint density at radius 3 is 1.89 bits per heavy atom. The van der Waals surface area contributed by atoms with Crippen molar-refractivity contribution in [3.8, 4) is 0 Å². The number of nitrogens with zero attached hydrogens (tertiary/aromatic N) is 2. The quantitative estimate of drug-likeness (QED) is 0.483. The maximum Gasteiger partial charge on any atom is 0.326 e. The number of ether oxygens (including phenoxy) is 2. The molecule has 2 atom stereocenters. The SMILES string of the molecule is CC(=O)OC1C(OC(C)=O)[N+](C(C)=O)=CN1C(C)=O. The van der Waals surface area contributed by atoms with Gasteiger partial charge >= 0.3 is 36.2 Å². The van der Waals surface area contributed by atoms with Gasteiger partial charge in [-0.1, -0.05) is 0 Å². The van der Waals surface area contributed by atoms with Crippen molar-refractivity contribution in [1.29, 1.82) is 0 Å². The summed E-state index contributed by atoms with van der Waals surface area (Å²) in [6.45, 7) is 4.78. The molecule has 0 bridgehead atoms. The Labute approximate surface area is 109 Å². The van der Waals surface area contributed by atoms with E-state index in [2.05, 4.69) is 0 Å². The molecule has 2 unspecified atom stereocenters. The number of rotatable bonds is 2. The number of hydrogen-bond acceptors (Lipinski definition) is 6. The monoisotopic (exact) mass is 271 g/mol. The van der Waals surface area contributed by atoms with E-state index in [1.807, 2.05) is 0 Å². The highest BCUT2D eigenvalue weighted by Crippen LogP contribution is 2.17. The van der Waals surface area contributed by atoms with E-state index < -0.39 is 36.2 Å². The lowest BCUT2D eigenvalue weighted by molar-refractivity contribution is -0.531. The van der Waals surface area contributed by atoms with Crippen LogP contribution in [0.3, 0.4) is 0 Å². The van der Waals surface area contributed by atoms with Gasteiger partial charge in [0, 0.05) is 27.7 Å². The Bertz CT molecular complexity index is 470. The maximum atomic E-state index is 11.5. The number of hydrogen-bond donors (Lipinski definition) is 0. The van der Waals surface area contributed by atoms with Gasteiger partial charge < -0.3 is 9.47 Å². The molecule has 8 heteroatoms. The van der Waals surface area contributed by atoms with Crippen molar-refractivity contribution in [3.63, 3.8) is 0 Å². The minimum atomic E-state index is -1.18. The zero-order valence-electron chi connectivity index (χ0n) is 11.1. The van der Waals surface area contributed by atoms with Crippen LogP contribution in [0.5, 0.6) is 0 Å². The van der Waals surface area contributed by atoms with Gasteiger partial charge in [-0.2, -0.15) is 9.48 Å². The normalized spacial score (nSPS) is 21.7. The van der Waals surface area contributed by atoms with Gasteiger partial charge in [0.25, 0.3) is 6.34 Å². The van der Waals surface area contributed by atoms with Gasteiger partial charge in [-0.3, -0.25) is 9.59 Å². The molecule has 0 N–H and O–H groups in total. The zero-order chi connectivity index (χ0) is 14.7. The van der Waals surface area contributed by atoms with E-state index in [1.54, 1.807) is 0 Å². The average Bonchev–Trinajstić information content (AvgIpc) is 2.56. The Morgan fingerprint density at radius 2 is 1.53 bits per heavy atom. The Hall–Kier alpha value is -2.25. The van der Waals surface area contributed by atoms with Crippen molar-refractivity contribution in [3.05, 3.63) is 0 Å². The van der Waals surface area contributed by atoms with Crippen molar-refractivity contribution in [1.82, 2.24) is 4.90 Å². The predicted molar refractivity (Wildman–Crippen MR) is 60.6 cm³/mol. The van der Waals surface area contributed by atoms with Gasteiger partial charge in [-0.15, -0.1) is 0 Å². The summed E-state index contributed by atoms with van der Waals surface area (Å²) in [6, 6.07) is 0. The third-order valence-corrected chi connectivity index (χ3v) is 2.34. The smallest absolute Gasteiger partial charge is 0.326 e. The molecule has 19 heavy (non-hydrogen) atoms. The molecule has 0 radical (unpaired) electrons. The average molecular weight is 271 g/mol. The van der Waals surface area contributed by atoms with Crippen LogP contribution in [0.25, 0.3) is 0 Å². The lowest BCUT2D eigenvalue weighted by Crippen LogP contribution is -2.46. The fourth-order valence-electron chi connectivity index (χ4n) is 1.63. The molecule has 1 rings (SSSR count). The van der Waals surface area contributed by atoms with Gasteiger partial charge in [-0.05, 0) is 0 Å². The molecule has 0 aromatic carbocycles. The number of amides is 2. The molecule has 0 fully saturated rings. The molecule has 0 aliphatic carbocycles. The summed E-state index contributed by atoms with van der Waals surface area (Å²) in [7, 11) is 0. The second-order valence-electron chi connectivity index (χ2n) is 3.97. The van der Waals surface area contributed by atoms with E-state index in [4.69, 9.17) is 9.47 Å². The highest BCUT2D eigenvalue weighted by atomic mass is 16.6. The number of carbonyl (C=O) groups excluding carboxylic acids is 4. The predicted octanol–water partition coefficient (Wildman–Crippen LogP) is -0.786. The van der Waals surface area contributed by atoms with Crippen LogP contribution in [0.15, 0.2) is 0 Å². The van der Waals surface area contributed by atoms with Gasteiger partial charge in [0.1, 0.15) is 0 Å². The maximum absolute atomic E-state index is 11.5. The van der Waals surface area contributed by atoms with Crippen LogP contribution in [0.2, 0.25) is 0 Å². The standard InChI is InChI=1S/C11H15N2O6/c1-6(14)12-5-13(7(2)15)11(19-9(4)17)10(12)18-8(3)16/h5,10-11H,1-4H3/q+1. The fourth-order valence-corrected chi connectivity index (χ4v) is 1.63. The van der Waals surface area contributed by atoms with Crippen molar-refractivity contribution < 1.29 is 33.2 Å². The van der Waals surface area contributed by atoms with Crippen LogP contribution in [-0.2, 0) is 28.7 Å². The lowest BCUT2D eigenvalue weighted by atomic mass is 10.4. The van der Waals surface area contributed by atoms with Crippen molar-refractivity contribution in [2.24, 2.45) is 0 Å². The summed E-state index contributed by atoms with van der Waals surface area (Å²) in [5.74, 6) is -2.22. The highest BCUT2D eigenvalue weighted by Gasteiger charge is 2.50. The molecular formula is C11H15N2O6+. The van der Waals surface area contributed by atoms with E-state index in [1.165, 1.54) is 13.8 Å². The third kappa shape index (κ3) is 3.36. The van der Waals surface area contributed by atoms with Crippen LogP contribution in [0.4, 0.5) is 0 Å². The number of carbonyl (C=O) groups is 4. The molecule has 0 aromatic heterocycles. The molecule has 104 valence electrons. The minimum absolute atomic E-state index is 0.452. The Balaban J connectivity index is 3.13. The van der Waals surface area contributed by atoms with E-state index in [-0.39, 0.29) is 0 Å². The largest absolute Gasteiger partial charge is 0.414 e. The van der Waals surface area contributed by atoms with Gasteiger partial charge in [0.05, 0.1) is 0 Å². The van der Waals surface area contributed by atoms with Crippen molar-refractivity contribution >= 4 is 30.1 Å². The molecule has 1 heterocycles. The highest BCUT2D eigenvalue weighted by molar-refractivity contribution is 5.88. The summed E-state index contributed by atoms with van der Waals surface area (Å²) in [6.07, 6.45) is -1.20. The first kappa shape index (κ1) is 14.8. The summed E-state index contributed by atoms with van der Waals surface area (Å²) in [5.41, 5.74) is 0. The van der Waals surface area contributed by atoms with Crippen molar-refractivity contribution in [2.75, 3.05) is 0 Å². The van der Waals surface area contributed by atoms with Gasteiger partial charge in [0.2, 0.25) is 0 Å². The van der Waals surface area contributed by atoms with Crippen LogP contribution in [0.1, 0.15) is 27.7 Å². The van der Waals surface area contributed by atoms with E-state index >= 15 is 0 Å². The summed E-state index contributed by atoms with van der Waals surface area (Å²) < 4.78 is 10.9. The molecule has 0 saturated carbocycles. The molecule has 0 aromatic rings. The third-order valence-electron chi connectivity index (χ3n) is 2.34. The Kier molecular flexibility index (Phi) is 4.36. The molecule has 2 amide bonds. The molecular weight excluding hydrogens is 256 g/mol. The summed E-state index contributed by atoms with van der Waals surface area (Å²) in [4.78, 5) is 46.1. The first-order valence-corrected chi connectivity index (χ1v) is 5.51. The summed E-state index contributed by atoms with van der Waals surface area (Å²) in [5, 5.41) is 0. The fraction of sp³-hybridized carbons (Fsp3) is 0.545. The van der Waals surface area contributed by atoms with Gasteiger partial charge in [-0.25, -0.2) is 9.59 Å². The lowest BCUT2D eigenvalue weighted by Gasteiger charge is -2.19. The minimum Gasteiger partial charge on any atom is -0.414 e. The Morgan fingerprint density at radius 1 is 1.00 bits per heavy atom. The first-order valence-electron chi connectivity index (χ1n) is 5.51. The molecule has 1 aliphatic rings. The zero-order valence-corrected chi connectivity index (χ0v) is 11.1. The van der Waals surface area contributed by atoms with Crippen LogP contribution >= 0.6 is 0 Å². The van der Waals surface area contributed by atoms with E-state index in [9.17, 15) is 19.2 Å². The van der Waals surface area contributed by atoms with Crippen LogP contribution in [0, 0.1) is 0 Å². The van der Waals surface area contributed by atoms with Crippen LogP contribution in [-0.4, -0.2) is 52.0 Å². The van der Waals surface area contributed by atoms with E-state index in [0.29, 0.717) is 0 Å². The second kappa shape index (κ2) is 5.59. The summed E-state index contributed by atoms with van der Waals surface area (Å²) >= 11 is 0. The van der Waals surface area contributed by atoms with Gasteiger partial charge in [0.15, 0.2) is 0 Å². The molecule has 8 nitrogen and oxygen atoms in total. The molecule has 0 spiro atoms. The molecule has 1 aliphatic heterocycles. The number of esters is 2. The topological polar surface area (TPSA) is 93.0 Å². The second-order valence-corrected chi connectivity index (χ2v) is 3.97. The molecule has 0 saturated heterocycles.